The molecule has 128 valence electrons. The van der Waals surface area contributed by atoms with E-state index in [-0.39, 0.29) is 5.60 Å². The monoisotopic (exact) mass is 321 g/mol. The van der Waals surface area contributed by atoms with Crippen molar-refractivity contribution in [1.82, 2.24) is 4.90 Å². The fraction of sp³-hybridized carbons (Fsp3) is 0.556. The van der Waals surface area contributed by atoms with E-state index in [2.05, 4.69) is 4.90 Å². The number of furan rings is 2. The van der Waals surface area contributed by atoms with Gasteiger partial charge in [0.1, 0.15) is 17.3 Å². The van der Waals surface area contributed by atoms with Gasteiger partial charge in [-0.3, -0.25) is 4.90 Å². The normalized spacial score (nSPS) is 13.7. The third kappa shape index (κ3) is 6.60. The molecular weight excluding hydrogens is 294 g/mol. The van der Waals surface area contributed by atoms with E-state index in [1.807, 2.05) is 52.0 Å². The molecular formula is C18H27NO4. The van der Waals surface area contributed by atoms with E-state index in [1.54, 1.807) is 6.26 Å². The molecule has 0 spiro atoms. The first-order valence-corrected chi connectivity index (χ1v) is 7.94. The molecule has 5 nitrogen and oxygen atoms in total. The van der Waals surface area contributed by atoms with Crippen LogP contribution in [0.1, 0.15) is 38.1 Å². The Labute approximate surface area is 137 Å². The highest BCUT2D eigenvalue weighted by molar-refractivity contribution is 5.06. The fourth-order valence-electron chi connectivity index (χ4n) is 2.30. The molecule has 1 unspecified atom stereocenters. The first-order valence-electron chi connectivity index (χ1n) is 7.94. The zero-order chi connectivity index (χ0) is 16.9. The molecule has 0 radical (unpaired) electrons. The first-order chi connectivity index (χ1) is 10.8. The molecule has 1 N–H and O–H groups in total. The van der Waals surface area contributed by atoms with Crippen molar-refractivity contribution in [3.63, 3.8) is 0 Å². The second-order valence-corrected chi connectivity index (χ2v) is 6.84. The summed E-state index contributed by atoms with van der Waals surface area (Å²) in [6.07, 6.45) is 1.09. The number of hydrogen-bond donors (Lipinski definition) is 1. The molecule has 0 fully saturated rings. The lowest BCUT2D eigenvalue weighted by Gasteiger charge is -2.26. The van der Waals surface area contributed by atoms with Gasteiger partial charge in [-0.05, 0) is 52.0 Å². The molecule has 0 aliphatic rings. The van der Waals surface area contributed by atoms with Gasteiger partial charge in [0, 0.05) is 6.54 Å². The molecule has 0 bridgehead atoms. The van der Waals surface area contributed by atoms with Crippen molar-refractivity contribution in [2.45, 2.75) is 52.5 Å². The Kier molecular flexibility index (Phi) is 6.04. The van der Waals surface area contributed by atoms with Crippen molar-refractivity contribution in [3.05, 3.63) is 47.8 Å². The topological polar surface area (TPSA) is 59.0 Å². The van der Waals surface area contributed by atoms with Gasteiger partial charge < -0.3 is 18.7 Å². The fourth-order valence-corrected chi connectivity index (χ4v) is 2.30. The Morgan fingerprint density at radius 3 is 2.48 bits per heavy atom. The summed E-state index contributed by atoms with van der Waals surface area (Å²) in [6, 6.07) is 7.70. The van der Waals surface area contributed by atoms with Gasteiger partial charge in [-0.1, -0.05) is 0 Å². The summed E-state index contributed by atoms with van der Waals surface area (Å²) in [4.78, 5) is 2.09. The van der Waals surface area contributed by atoms with Crippen molar-refractivity contribution in [1.29, 1.82) is 0 Å². The van der Waals surface area contributed by atoms with Gasteiger partial charge >= 0.3 is 0 Å². The van der Waals surface area contributed by atoms with Gasteiger partial charge in [0.2, 0.25) is 0 Å². The number of ether oxygens (including phenoxy) is 1. The van der Waals surface area contributed by atoms with Crippen LogP contribution in [0.25, 0.3) is 0 Å². The molecule has 5 heteroatoms. The zero-order valence-electron chi connectivity index (χ0n) is 14.4. The molecule has 0 saturated carbocycles. The number of aliphatic hydroxyl groups excluding tert-OH is 1. The molecule has 0 aromatic carbocycles. The minimum absolute atomic E-state index is 0.259. The second-order valence-electron chi connectivity index (χ2n) is 6.84. The predicted molar refractivity (Wildman–Crippen MR) is 88.0 cm³/mol. The summed E-state index contributed by atoms with van der Waals surface area (Å²) in [7, 11) is 0. The van der Waals surface area contributed by atoms with Crippen LogP contribution in [0.3, 0.4) is 0 Å². The third-order valence-corrected chi connectivity index (χ3v) is 3.31. The second kappa shape index (κ2) is 7.81. The lowest BCUT2D eigenvalue weighted by atomic mass is 10.2. The van der Waals surface area contributed by atoms with Gasteiger partial charge in [0.25, 0.3) is 0 Å². The lowest BCUT2D eigenvalue weighted by Crippen LogP contribution is -2.36. The zero-order valence-corrected chi connectivity index (χ0v) is 14.4. The highest BCUT2D eigenvalue weighted by atomic mass is 16.5. The maximum atomic E-state index is 10.3. The Hall–Kier alpha value is -1.56. The Balaban J connectivity index is 1.95. The summed E-state index contributed by atoms with van der Waals surface area (Å²) in [6.45, 7) is 9.86. The maximum absolute atomic E-state index is 10.3. The van der Waals surface area contributed by atoms with E-state index in [0.717, 1.165) is 17.3 Å². The van der Waals surface area contributed by atoms with Crippen LogP contribution in [0.4, 0.5) is 0 Å². The van der Waals surface area contributed by atoms with Crippen LogP contribution in [-0.4, -0.2) is 34.9 Å². The highest BCUT2D eigenvalue weighted by Crippen LogP contribution is 2.14. The molecule has 0 aliphatic heterocycles. The maximum Gasteiger partial charge on any atom is 0.118 e. The average molecular weight is 321 g/mol. The van der Waals surface area contributed by atoms with Crippen LogP contribution in [-0.2, 0) is 17.8 Å². The number of nitrogens with zero attached hydrogens (tertiary/aromatic N) is 1. The molecule has 0 saturated heterocycles. The summed E-state index contributed by atoms with van der Waals surface area (Å²) >= 11 is 0. The van der Waals surface area contributed by atoms with Crippen LogP contribution < -0.4 is 0 Å². The molecule has 2 aromatic rings. The smallest absolute Gasteiger partial charge is 0.118 e. The minimum atomic E-state index is -0.569. The Morgan fingerprint density at radius 1 is 1.17 bits per heavy atom. The van der Waals surface area contributed by atoms with E-state index in [4.69, 9.17) is 13.6 Å². The van der Waals surface area contributed by atoms with Crippen molar-refractivity contribution < 1.29 is 18.7 Å². The van der Waals surface area contributed by atoms with Gasteiger partial charge in [-0.25, -0.2) is 0 Å². The van der Waals surface area contributed by atoms with Crippen LogP contribution in [0, 0.1) is 6.92 Å². The Morgan fingerprint density at radius 2 is 1.91 bits per heavy atom. The van der Waals surface area contributed by atoms with Crippen molar-refractivity contribution in [3.8, 4) is 0 Å². The number of rotatable bonds is 8. The van der Waals surface area contributed by atoms with E-state index in [9.17, 15) is 5.11 Å². The van der Waals surface area contributed by atoms with Gasteiger partial charge in [-0.15, -0.1) is 0 Å². The van der Waals surface area contributed by atoms with E-state index in [0.29, 0.717) is 26.2 Å². The molecule has 2 rings (SSSR count). The van der Waals surface area contributed by atoms with Crippen LogP contribution >= 0.6 is 0 Å². The predicted octanol–water partition coefficient (Wildman–Crippen LogP) is 3.36. The summed E-state index contributed by atoms with van der Waals surface area (Å²) in [5.74, 6) is 2.62. The summed E-state index contributed by atoms with van der Waals surface area (Å²) in [5.41, 5.74) is -0.259. The van der Waals surface area contributed by atoms with Gasteiger partial charge in [-0.2, -0.15) is 0 Å². The minimum Gasteiger partial charge on any atom is -0.468 e. The van der Waals surface area contributed by atoms with E-state index < -0.39 is 6.10 Å². The van der Waals surface area contributed by atoms with Crippen molar-refractivity contribution in [2.24, 2.45) is 0 Å². The average Bonchev–Trinajstić information content (AvgIpc) is 3.08. The first kappa shape index (κ1) is 17.8. The van der Waals surface area contributed by atoms with Crippen molar-refractivity contribution >= 4 is 0 Å². The molecule has 23 heavy (non-hydrogen) atoms. The number of aryl methyl sites for hydroxylation is 1. The quantitative estimate of drug-likeness (QED) is 0.808. The summed E-state index contributed by atoms with van der Waals surface area (Å²) in [5, 5.41) is 10.3. The van der Waals surface area contributed by atoms with Crippen LogP contribution in [0.5, 0.6) is 0 Å². The molecule has 0 amide bonds. The number of hydrogen-bond acceptors (Lipinski definition) is 5. The Bertz CT molecular complexity index is 568. The third-order valence-electron chi connectivity index (χ3n) is 3.31. The molecule has 2 heterocycles. The number of aliphatic hydroxyl groups is 1. The van der Waals surface area contributed by atoms with Crippen molar-refractivity contribution in [2.75, 3.05) is 13.2 Å². The lowest BCUT2D eigenvalue weighted by molar-refractivity contribution is -0.0579. The molecule has 2 aromatic heterocycles. The van der Waals surface area contributed by atoms with Crippen LogP contribution in [0.2, 0.25) is 0 Å². The molecule has 1 atom stereocenters. The van der Waals surface area contributed by atoms with E-state index in [1.165, 1.54) is 0 Å². The summed E-state index contributed by atoms with van der Waals surface area (Å²) < 4.78 is 16.7. The van der Waals surface area contributed by atoms with Gasteiger partial charge in [0.05, 0.1) is 37.7 Å². The molecule has 0 aliphatic carbocycles. The largest absolute Gasteiger partial charge is 0.468 e. The highest BCUT2D eigenvalue weighted by Gasteiger charge is 2.18. The SMILES string of the molecule is Cc1ccc(CN(Cc2ccco2)CC(O)COC(C)(C)C)o1. The van der Waals surface area contributed by atoms with E-state index >= 15 is 0 Å². The standard InChI is InChI=1S/C18H27NO4/c1-14-7-8-17(23-14)12-19(11-16-6-5-9-21-16)10-15(20)13-22-18(2,3)4/h5-9,15,20H,10-13H2,1-4H3. The van der Waals surface area contributed by atoms with Gasteiger partial charge in [0.15, 0.2) is 0 Å². The van der Waals surface area contributed by atoms with Crippen LogP contribution in [0.15, 0.2) is 39.4 Å².